The number of benzene rings is 1. The van der Waals surface area contributed by atoms with E-state index in [0.29, 0.717) is 24.5 Å². The summed E-state index contributed by atoms with van der Waals surface area (Å²) in [6, 6.07) is 1.43. The number of carbonyl (C=O) groups excluding carboxylic acids is 2. The Labute approximate surface area is 170 Å². The van der Waals surface area contributed by atoms with Crippen LogP contribution in [0.25, 0.3) is 0 Å². The Kier molecular flexibility index (Phi) is 5.88. The lowest BCUT2D eigenvalue weighted by Crippen LogP contribution is -2.49. The molecule has 0 spiro atoms. The predicted molar refractivity (Wildman–Crippen MR) is 96.1 cm³/mol. The molecule has 1 aromatic rings. The van der Waals surface area contributed by atoms with Crippen molar-refractivity contribution in [3.63, 3.8) is 0 Å². The molecule has 0 heterocycles. The summed E-state index contributed by atoms with van der Waals surface area (Å²) in [6.07, 6.45) is -2.12. The summed E-state index contributed by atoms with van der Waals surface area (Å²) in [6.45, 7) is 1.83. The predicted octanol–water partition coefficient (Wildman–Crippen LogP) is 5.22. The van der Waals surface area contributed by atoms with Crippen LogP contribution in [0.15, 0.2) is 12.1 Å². The molecule has 3 unspecified atom stereocenters. The van der Waals surface area contributed by atoms with E-state index in [2.05, 4.69) is 0 Å². The molecule has 3 rings (SSSR count). The molecule has 0 amide bonds. The number of alkyl halides is 3. The van der Waals surface area contributed by atoms with E-state index in [-0.39, 0.29) is 28.1 Å². The summed E-state index contributed by atoms with van der Waals surface area (Å²) in [5.41, 5.74) is -2.31. The van der Waals surface area contributed by atoms with E-state index in [0.717, 1.165) is 19.3 Å². The van der Waals surface area contributed by atoms with Gasteiger partial charge in [-0.25, -0.2) is 4.79 Å². The molecule has 2 bridgehead atoms. The first kappa shape index (κ1) is 21.2. The van der Waals surface area contributed by atoms with Crippen LogP contribution >= 0.6 is 23.2 Å². The fourth-order valence-electron chi connectivity index (χ4n) is 4.27. The van der Waals surface area contributed by atoms with Gasteiger partial charge in [-0.3, -0.25) is 4.79 Å². The van der Waals surface area contributed by atoms with Gasteiger partial charge in [0.2, 0.25) is 5.60 Å². The van der Waals surface area contributed by atoms with Crippen molar-refractivity contribution in [1.82, 2.24) is 0 Å². The summed E-state index contributed by atoms with van der Waals surface area (Å²) in [7, 11) is 0. The second kappa shape index (κ2) is 7.75. The van der Waals surface area contributed by atoms with E-state index in [1.54, 1.807) is 6.92 Å². The minimum Gasteiger partial charge on any atom is -0.463 e. The topological polar surface area (TPSA) is 52.6 Å². The summed E-state index contributed by atoms with van der Waals surface area (Å²) in [5, 5.41) is -0.565. The standard InChI is InChI=1S/C19H19Cl2F3O4/c1-2-27-17(26)18(9-10-3-4-11(18)5-10)28-16(25)8-13-14(20)6-12(7-15(13)21)19(22,23)24/h6-7,10-11H,2-5,8-9H2,1H3. The molecular formula is C19H19Cl2F3O4. The normalized spacial score (nSPS) is 26.4. The van der Waals surface area contributed by atoms with E-state index < -0.39 is 35.7 Å². The Hall–Kier alpha value is -1.47. The Morgan fingerprint density at radius 2 is 1.86 bits per heavy atom. The van der Waals surface area contributed by atoms with Gasteiger partial charge in [0, 0.05) is 27.9 Å². The first-order valence-electron chi connectivity index (χ1n) is 9.01. The van der Waals surface area contributed by atoms with E-state index in [9.17, 15) is 22.8 Å². The maximum absolute atomic E-state index is 12.9. The fourth-order valence-corrected chi connectivity index (χ4v) is 4.89. The van der Waals surface area contributed by atoms with Crippen LogP contribution in [0.1, 0.15) is 43.7 Å². The molecule has 2 aliphatic rings. The van der Waals surface area contributed by atoms with Gasteiger partial charge in [-0.05, 0) is 44.2 Å². The number of ether oxygens (including phenoxy) is 2. The summed E-state index contributed by atoms with van der Waals surface area (Å²) < 4.78 is 49.3. The number of carbonyl (C=O) groups is 2. The number of hydrogen-bond acceptors (Lipinski definition) is 4. The smallest absolute Gasteiger partial charge is 0.416 e. The van der Waals surface area contributed by atoms with Gasteiger partial charge in [-0.1, -0.05) is 23.2 Å². The van der Waals surface area contributed by atoms with E-state index in [1.807, 2.05) is 0 Å². The number of fused-ring (bicyclic) bond motifs is 2. The summed E-state index contributed by atoms with van der Waals surface area (Å²) in [5.74, 6) is -1.16. The molecule has 2 fully saturated rings. The van der Waals surface area contributed by atoms with Crippen LogP contribution < -0.4 is 0 Å². The van der Waals surface area contributed by atoms with Gasteiger partial charge < -0.3 is 9.47 Å². The molecular weight excluding hydrogens is 420 g/mol. The molecule has 0 aliphatic heterocycles. The van der Waals surface area contributed by atoms with Crippen LogP contribution in [0, 0.1) is 11.8 Å². The zero-order chi connectivity index (χ0) is 20.7. The molecule has 9 heteroatoms. The first-order chi connectivity index (χ1) is 13.1. The molecule has 0 aromatic heterocycles. The Morgan fingerprint density at radius 3 is 2.32 bits per heavy atom. The van der Waals surface area contributed by atoms with Crippen molar-refractivity contribution in [3.8, 4) is 0 Å². The van der Waals surface area contributed by atoms with Crippen molar-refractivity contribution in [2.24, 2.45) is 11.8 Å². The largest absolute Gasteiger partial charge is 0.463 e. The molecule has 1 aromatic carbocycles. The highest BCUT2D eigenvalue weighted by atomic mass is 35.5. The highest BCUT2D eigenvalue weighted by Gasteiger charge is 2.59. The molecule has 3 atom stereocenters. The third-order valence-electron chi connectivity index (χ3n) is 5.50. The van der Waals surface area contributed by atoms with Gasteiger partial charge in [0.1, 0.15) is 0 Å². The van der Waals surface area contributed by atoms with Crippen LogP contribution in [-0.2, 0) is 31.7 Å². The quantitative estimate of drug-likeness (QED) is 0.591. The zero-order valence-corrected chi connectivity index (χ0v) is 16.6. The van der Waals surface area contributed by atoms with Gasteiger partial charge >= 0.3 is 18.1 Å². The molecule has 4 nitrogen and oxygen atoms in total. The second-order valence-corrected chi connectivity index (χ2v) is 8.07. The van der Waals surface area contributed by atoms with Gasteiger partial charge in [-0.15, -0.1) is 0 Å². The van der Waals surface area contributed by atoms with Gasteiger partial charge in [-0.2, -0.15) is 13.2 Å². The average Bonchev–Trinajstić information content (AvgIpc) is 3.19. The van der Waals surface area contributed by atoms with E-state index in [1.165, 1.54) is 0 Å². The minimum absolute atomic E-state index is 0.0310. The summed E-state index contributed by atoms with van der Waals surface area (Å²) >= 11 is 11.9. The maximum Gasteiger partial charge on any atom is 0.416 e. The van der Waals surface area contributed by atoms with Crippen LogP contribution in [0.2, 0.25) is 10.0 Å². The third kappa shape index (κ3) is 3.96. The average molecular weight is 439 g/mol. The first-order valence-corrected chi connectivity index (χ1v) is 9.76. The van der Waals surface area contributed by atoms with Crippen LogP contribution in [0.5, 0.6) is 0 Å². The van der Waals surface area contributed by atoms with Crippen molar-refractivity contribution in [2.75, 3.05) is 6.61 Å². The fraction of sp³-hybridized carbons (Fsp3) is 0.579. The monoisotopic (exact) mass is 438 g/mol. The van der Waals surface area contributed by atoms with Crippen LogP contribution in [0.4, 0.5) is 13.2 Å². The minimum atomic E-state index is -4.61. The number of esters is 2. The van der Waals surface area contributed by atoms with Gasteiger partial charge in [0.15, 0.2) is 0 Å². The molecule has 0 N–H and O–H groups in total. The highest BCUT2D eigenvalue weighted by molar-refractivity contribution is 6.36. The van der Waals surface area contributed by atoms with Crippen molar-refractivity contribution in [1.29, 1.82) is 0 Å². The second-order valence-electron chi connectivity index (χ2n) is 7.26. The van der Waals surface area contributed by atoms with Crippen LogP contribution in [-0.4, -0.2) is 24.1 Å². The maximum atomic E-state index is 12.9. The molecule has 0 saturated heterocycles. The third-order valence-corrected chi connectivity index (χ3v) is 6.17. The SMILES string of the molecule is CCOC(=O)C1(OC(=O)Cc2c(Cl)cc(C(F)(F)F)cc2Cl)CC2CCC1C2. The van der Waals surface area contributed by atoms with Gasteiger partial charge in [0.25, 0.3) is 0 Å². The lowest BCUT2D eigenvalue weighted by Gasteiger charge is -2.34. The van der Waals surface area contributed by atoms with E-state index >= 15 is 0 Å². The van der Waals surface area contributed by atoms with Crippen molar-refractivity contribution >= 4 is 35.1 Å². The number of halogens is 5. The van der Waals surface area contributed by atoms with Crippen molar-refractivity contribution < 1.29 is 32.2 Å². The Bertz CT molecular complexity index is 773. The zero-order valence-electron chi connectivity index (χ0n) is 15.1. The highest BCUT2D eigenvalue weighted by Crippen LogP contribution is 2.53. The molecule has 28 heavy (non-hydrogen) atoms. The van der Waals surface area contributed by atoms with Crippen molar-refractivity contribution in [3.05, 3.63) is 33.3 Å². The van der Waals surface area contributed by atoms with E-state index in [4.69, 9.17) is 32.7 Å². The van der Waals surface area contributed by atoms with Crippen LogP contribution in [0.3, 0.4) is 0 Å². The number of hydrogen-bond donors (Lipinski definition) is 0. The molecule has 0 radical (unpaired) electrons. The lowest BCUT2D eigenvalue weighted by atomic mass is 9.84. The van der Waals surface area contributed by atoms with Crippen molar-refractivity contribution in [2.45, 2.75) is 50.8 Å². The van der Waals surface area contributed by atoms with Gasteiger partial charge in [0.05, 0.1) is 18.6 Å². The number of rotatable bonds is 5. The Balaban J connectivity index is 1.80. The lowest BCUT2D eigenvalue weighted by molar-refractivity contribution is -0.189. The molecule has 2 aliphatic carbocycles. The molecule has 2 saturated carbocycles. The summed E-state index contributed by atoms with van der Waals surface area (Å²) in [4.78, 5) is 25.1. The molecule has 154 valence electrons. The Morgan fingerprint density at radius 1 is 1.21 bits per heavy atom.